The average Bonchev–Trinajstić information content (AvgIpc) is 1.34. The number of methoxy groups -OCH3 is 2. The van der Waals surface area contributed by atoms with Crippen molar-refractivity contribution in [2.24, 2.45) is 5.73 Å². The van der Waals surface area contributed by atoms with E-state index in [1.54, 1.807) is 6.92 Å². The molecule has 680 valence electrons. The number of nitrogens with one attached hydrogen (secondary N) is 1. The summed E-state index contributed by atoms with van der Waals surface area (Å²) in [5.74, 6) is -15.6. The van der Waals surface area contributed by atoms with Crippen LogP contribution in [0.1, 0.15) is 183 Å². The van der Waals surface area contributed by atoms with E-state index in [1.165, 1.54) is 57.5 Å². The first-order valence-electron chi connectivity index (χ1n) is 39.4. The number of Topliss-reactive ketones (excluding diaryl/α,β-unsaturated/α-hetero) is 2. The van der Waals surface area contributed by atoms with Crippen molar-refractivity contribution in [1.82, 2.24) is 30.1 Å². The molecule has 7 heterocycles. The van der Waals surface area contributed by atoms with Crippen LogP contribution in [-0.2, 0) is 109 Å². The molecule has 11 aliphatic rings. The Hall–Kier alpha value is -13.4. The highest BCUT2D eigenvalue weighted by atomic mass is 16.7. The lowest BCUT2D eigenvalue weighted by Gasteiger charge is -2.43. The van der Waals surface area contributed by atoms with E-state index in [2.05, 4.69) is 10.2 Å². The molecule has 0 radical (unpaired) electrons. The first-order valence-corrected chi connectivity index (χ1v) is 39.4. The summed E-state index contributed by atoms with van der Waals surface area (Å²) in [5.41, 5.74) is -1.81. The van der Waals surface area contributed by atoms with E-state index >= 15 is 0 Å². The molecule has 4 aromatic carbocycles. The number of phenolic OH excluding ortho intramolecular Hbond substituents is 4. The van der Waals surface area contributed by atoms with Crippen molar-refractivity contribution in [1.29, 1.82) is 0 Å². The molecular formula is C83H85N7O38. The molecule has 12 atom stereocenters. The predicted octanol–water partition coefficient (Wildman–Crippen LogP) is -2.71. The van der Waals surface area contributed by atoms with Crippen LogP contribution in [0.3, 0.4) is 0 Å². The number of aliphatic hydroxyl groups is 6. The standard InChI is InChI=1S/C34H34N2O14.C27H29NO11.C11H10N2O6.C7H7NO4.C4H5NO3/c1-14-29(42)17(35-21(39)8-9-36-22(40)6-7-23(36)41)10-24(49-14)50-19-12-34(47,20(38)13-37)11-16-26(19)33(46)28-27(31(16)44)30(43)15-4-3-5-18(48-2)25(15)32(28)45;1-10-22(31)13(28)6-17(38-10)39-15-8-27(36,16(30)9-29)7-12-19(15)26(35)21-20(24(12)33)23(32)11-4-3-5-14(37-2)18(11)25(21)34;14-7-1-2-8(15)12(7)6-5-11(18)19-13-9(16)3-4-10(13)17;9-5-1-2-6(10)8(5)4-3-7(11)12;6-3-1-2-4(7)5(3)8/h3-7,14,17,19,24,29,37,42,44,46-47H,8-13H2,1-2H3,(H,35,39);3-5,10,13,15,17,22,29,31,33,35-36H,6-9,28H2,1-2H3;1-2H,3-6H2;1-2H,3-4H2,(H,11,12);8H,1-2H2/t14-,17-,19-,24-,29+,34-;10-,13-,15-,17-,22+,27-;;;/m00.../s1. The number of ketones is 6. The molecule has 4 fully saturated rings. The second-order valence-electron chi connectivity index (χ2n) is 30.6. The van der Waals surface area contributed by atoms with Gasteiger partial charge in [-0.2, -0.15) is 5.06 Å². The highest BCUT2D eigenvalue weighted by Gasteiger charge is 2.54. The fourth-order valence-electron chi connectivity index (χ4n) is 15.8. The molecule has 45 heteroatoms. The number of rotatable bonds is 21. The third kappa shape index (κ3) is 19.1. The number of nitrogens with zero attached hydrogens (tertiary/aromatic N) is 5. The molecule has 0 saturated carbocycles. The minimum Gasteiger partial charge on any atom is -0.507 e. The van der Waals surface area contributed by atoms with Gasteiger partial charge in [-0.25, -0.2) is 4.79 Å². The van der Waals surface area contributed by atoms with Crippen LogP contribution in [0, 0.1) is 0 Å². The van der Waals surface area contributed by atoms with E-state index in [-0.39, 0.29) is 138 Å². The first kappa shape index (κ1) is 95.2. The van der Waals surface area contributed by atoms with Crippen LogP contribution < -0.4 is 20.5 Å². The zero-order chi connectivity index (χ0) is 93.9. The number of carboxylic acids is 1. The van der Waals surface area contributed by atoms with Gasteiger partial charge in [0, 0.05) is 166 Å². The van der Waals surface area contributed by atoms with E-state index < -0.39 is 268 Å². The maximum absolute atomic E-state index is 13.9. The summed E-state index contributed by atoms with van der Waals surface area (Å²) in [6.07, 6.45) is -5.38. The van der Waals surface area contributed by atoms with E-state index in [4.69, 9.17) is 44.5 Å². The maximum Gasteiger partial charge on any atom is 0.335 e. The van der Waals surface area contributed by atoms with Crippen LogP contribution in [0.25, 0.3) is 0 Å². The van der Waals surface area contributed by atoms with Gasteiger partial charge in [-0.1, -0.05) is 24.3 Å². The van der Waals surface area contributed by atoms with E-state index in [0.29, 0.717) is 5.06 Å². The number of benzene rings is 4. The molecule has 0 unspecified atom stereocenters. The van der Waals surface area contributed by atoms with Gasteiger partial charge in [0.25, 0.3) is 59.1 Å². The number of carbonyl (C=O) groups excluding carboxylic acids is 18. The third-order valence-electron chi connectivity index (χ3n) is 22.5. The second-order valence-corrected chi connectivity index (χ2v) is 30.6. The van der Waals surface area contributed by atoms with Crippen molar-refractivity contribution >= 4 is 112 Å². The number of aromatic hydroxyl groups is 4. The molecule has 15 N–H and O–H groups in total. The topological polar surface area (TPSA) is 686 Å². The summed E-state index contributed by atoms with van der Waals surface area (Å²) in [5, 5.41) is 129. The summed E-state index contributed by atoms with van der Waals surface area (Å²) in [4.78, 5) is 232. The lowest BCUT2D eigenvalue weighted by Crippen LogP contribution is -2.56. The smallest absolute Gasteiger partial charge is 0.335 e. The Morgan fingerprint density at radius 3 is 1.23 bits per heavy atom. The number of ether oxygens (including phenoxy) is 6. The molecule has 4 saturated heterocycles. The molecule has 45 nitrogen and oxygen atoms in total. The Morgan fingerprint density at radius 2 is 0.867 bits per heavy atom. The van der Waals surface area contributed by atoms with Crippen molar-refractivity contribution in [3.63, 3.8) is 0 Å². The molecule has 0 bridgehead atoms. The Labute approximate surface area is 721 Å². The third-order valence-corrected chi connectivity index (χ3v) is 22.5. The fraction of sp³-hybridized carbons (Fsp3) is 0.410. The van der Waals surface area contributed by atoms with Crippen LogP contribution in [0.4, 0.5) is 0 Å². The predicted molar refractivity (Wildman–Crippen MR) is 417 cm³/mol. The normalized spacial score (nSPS) is 25.2. The Morgan fingerprint density at radius 1 is 0.500 bits per heavy atom. The van der Waals surface area contributed by atoms with E-state index in [1.807, 2.05) is 0 Å². The average molecular weight is 1790 g/mol. The van der Waals surface area contributed by atoms with Crippen molar-refractivity contribution in [2.75, 3.05) is 47.1 Å². The summed E-state index contributed by atoms with van der Waals surface area (Å²) in [7, 11) is 2.61. The zero-order valence-electron chi connectivity index (χ0n) is 68.2. The van der Waals surface area contributed by atoms with Crippen molar-refractivity contribution in [2.45, 2.75) is 170 Å². The SMILES string of the molecule is COc1cccc2c1C(=O)c1c(O)c3c(c(O)c1C2=O)C[C@@](O)(C(=O)CO)C[C@@H]3O[C@H]1C[C@H](N)[C@H](O)[C@H](C)O1.COc1cccc2c1C(=O)c1c(O)c3c(c(O)c1C2=O)C[C@@](O)(C(=O)CO)C[C@@H]3O[C@H]1C[C@H](NC(=O)CCN2C(=O)C=CC2=O)[C@H](O)[C@H](C)O1.O=C(CCN1C(=O)C=CC1=O)ON1C(=O)CCC1=O.O=C(O)CCN1C(=O)C=CC1=O.O=C1CCC(=O)N1O. The van der Waals surface area contributed by atoms with Gasteiger partial charge >= 0.3 is 11.9 Å². The van der Waals surface area contributed by atoms with Crippen molar-refractivity contribution in [3.8, 4) is 34.5 Å². The Balaban J connectivity index is 0.000000177. The van der Waals surface area contributed by atoms with Crippen molar-refractivity contribution < 1.29 is 186 Å². The highest BCUT2D eigenvalue weighted by molar-refractivity contribution is 6.33. The van der Waals surface area contributed by atoms with Gasteiger partial charge < -0.3 is 100 Å². The number of aliphatic carboxylic acids is 1. The molecule has 0 spiro atoms. The monoisotopic (exact) mass is 1790 g/mol. The van der Waals surface area contributed by atoms with Crippen LogP contribution in [0.5, 0.6) is 34.5 Å². The first-order chi connectivity index (χ1) is 60.4. The summed E-state index contributed by atoms with van der Waals surface area (Å²) in [6, 6.07) is 6.91. The van der Waals surface area contributed by atoms with E-state index in [9.17, 15) is 142 Å². The van der Waals surface area contributed by atoms with Gasteiger partial charge in [0.05, 0.1) is 97.0 Å². The molecule has 15 rings (SSSR count). The van der Waals surface area contributed by atoms with Crippen LogP contribution in [-0.4, -0.2) is 305 Å². The number of aliphatic hydroxyl groups excluding tert-OH is 4. The van der Waals surface area contributed by atoms with Gasteiger partial charge in [0.2, 0.25) is 17.5 Å². The maximum atomic E-state index is 13.9. The van der Waals surface area contributed by atoms with Crippen LogP contribution in [0.2, 0.25) is 0 Å². The number of amides is 11. The molecule has 7 aliphatic heterocycles. The molecule has 4 aromatic rings. The Kier molecular flexibility index (Phi) is 28.9. The van der Waals surface area contributed by atoms with Gasteiger partial charge in [0.1, 0.15) is 65.0 Å². The summed E-state index contributed by atoms with van der Waals surface area (Å²) in [6.45, 7) is 0.542. The minimum absolute atomic E-state index is 0.0130. The number of imide groups is 5. The summed E-state index contributed by atoms with van der Waals surface area (Å²) < 4.78 is 34.3. The number of hydrogen-bond donors (Lipinski definition) is 14. The van der Waals surface area contributed by atoms with Crippen LogP contribution in [0.15, 0.2) is 72.9 Å². The number of fused-ring (bicyclic) bond motifs is 6. The molecule has 11 amide bonds. The minimum atomic E-state index is -2.36. The summed E-state index contributed by atoms with van der Waals surface area (Å²) >= 11 is 0. The molecular weight excluding hydrogens is 1700 g/mol. The van der Waals surface area contributed by atoms with Gasteiger partial charge in [0.15, 0.2) is 35.7 Å². The Bertz CT molecular complexity index is 5380. The number of phenols is 4. The lowest BCUT2D eigenvalue weighted by atomic mass is 9.72. The van der Waals surface area contributed by atoms with Gasteiger partial charge in [-0.05, 0) is 26.0 Å². The number of hydroxylamine groups is 4. The van der Waals surface area contributed by atoms with E-state index in [0.717, 1.165) is 51.2 Å². The molecule has 4 aliphatic carbocycles. The number of carbonyl (C=O) groups is 19. The molecule has 128 heavy (non-hydrogen) atoms. The highest BCUT2D eigenvalue weighted by Crippen LogP contribution is 2.55. The second kappa shape index (κ2) is 38.8. The zero-order valence-corrected chi connectivity index (χ0v) is 68.2. The van der Waals surface area contributed by atoms with Crippen molar-refractivity contribution in [3.05, 3.63) is 140 Å². The number of hydrogen-bond acceptors (Lipinski definition) is 38. The largest absolute Gasteiger partial charge is 0.507 e. The van der Waals surface area contributed by atoms with Crippen LogP contribution >= 0.6 is 0 Å². The number of nitrogens with two attached hydrogens (primary N) is 1. The quantitative estimate of drug-likeness (QED) is 0.0198. The van der Waals surface area contributed by atoms with Gasteiger partial charge in [-0.3, -0.25) is 106 Å². The molecule has 0 aromatic heterocycles. The number of carboxylic acid groups (broad SMARTS) is 1. The fourth-order valence-corrected chi connectivity index (χ4v) is 15.8. The lowest BCUT2D eigenvalue weighted by molar-refractivity contribution is -0.249. The van der Waals surface area contributed by atoms with Gasteiger partial charge in [-0.15, -0.1) is 5.06 Å².